The molecule has 2 amide bonds. The van der Waals surface area contributed by atoms with Crippen LogP contribution in [0.2, 0.25) is 5.02 Å². The molecule has 7 nitrogen and oxygen atoms in total. The summed E-state index contributed by atoms with van der Waals surface area (Å²) >= 11 is 6.36. The number of rotatable bonds is 1. The highest BCUT2D eigenvalue weighted by Crippen LogP contribution is 2.41. The molecule has 0 aliphatic carbocycles. The molecule has 0 unspecified atom stereocenters. The quantitative estimate of drug-likeness (QED) is 0.559. The first-order valence-electron chi connectivity index (χ1n) is 8.84. The predicted octanol–water partition coefficient (Wildman–Crippen LogP) is 2.94. The van der Waals surface area contributed by atoms with Crippen LogP contribution < -0.4 is 0 Å². The average molecular weight is 386 g/mol. The molecule has 140 valence electrons. The van der Waals surface area contributed by atoms with E-state index in [0.29, 0.717) is 34.3 Å². The van der Waals surface area contributed by atoms with Gasteiger partial charge in [-0.15, -0.1) is 0 Å². The smallest absolute Gasteiger partial charge is 0.299 e. The molecule has 2 aliphatic rings. The summed E-state index contributed by atoms with van der Waals surface area (Å²) in [6, 6.07) is 5.12. The van der Waals surface area contributed by atoms with E-state index in [1.54, 1.807) is 35.2 Å². The Morgan fingerprint density at radius 3 is 2.89 bits per heavy atom. The van der Waals surface area contributed by atoms with Gasteiger partial charge in [0.25, 0.3) is 11.8 Å². The number of amides is 2. The van der Waals surface area contributed by atoms with E-state index in [-0.39, 0.29) is 17.6 Å². The number of nitrogens with zero attached hydrogens (tertiary/aromatic N) is 5. The van der Waals surface area contributed by atoms with Crippen LogP contribution >= 0.6 is 11.6 Å². The van der Waals surface area contributed by atoms with E-state index in [1.165, 1.54) is 0 Å². The maximum absolute atomic E-state index is 13.1. The zero-order valence-corrected chi connectivity index (χ0v) is 16.2. The average Bonchev–Trinajstić information content (AvgIpc) is 3.25. The Morgan fingerprint density at radius 2 is 2.15 bits per heavy atom. The normalized spacial score (nSPS) is 18.7. The number of amidine groups is 1. The molecule has 1 aromatic heterocycles. The predicted molar refractivity (Wildman–Crippen MR) is 103 cm³/mol. The monoisotopic (exact) mass is 385 g/mol. The van der Waals surface area contributed by atoms with Crippen LogP contribution in [-0.4, -0.2) is 57.6 Å². The minimum absolute atomic E-state index is 0.104. The van der Waals surface area contributed by atoms with Gasteiger partial charge < -0.3 is 9.80 Å². The molecule has 3 heterocycles. The molecule has 0 spiro atoms. The van der Waals surface area contributed by atoms with Crippen LogP contribution in [0.4, 0.5) is 0 Å². The van der Waals surface area contributed by atoms with Crippen molar-refractivity contribution in [1.29, 1.82) is 0 Å². The van der Waals surface area contributed by atoms with E-state index in [0.717, 1.165) is 12.8 Å². The number of aliphatic imine (C=N–C) groups is 1. The SMILES string of the molecule is CC(=NC(=O)c1ncn2c1[C@@H]1CCCN1C(=O)c1c(Cl)cccc1-2)N(C)C. The van der Waals surface area contributed by atoms with Crippen molar-refractivity contribution in [2.24, 2.45) is 4.99 Å². The topological polar surface area (TPSA) is 70.8 Å². The Bertz CT molecular complexity index is 978. The molecule has 27 heavy (non-hydrogen) atoms. The fraction of sp³-hybridized carbons (Fsp3) is 0.368. The van der Waals surface area contributed by atoms with Gasteiger partial charge in [-0.3, -0.25) is 14.2 Å². The molecule has 0 N–H and O–H groups in total. The van der Waals surface area contributed by atoms with Gasteiger partial charge in [0.15, 0.2) is 5.69 Å². The van der Waals surface area contributed by atoms with Gasteiger partial charge in [-0.2, -0.15) is 4.99 Å². The Morgan fingerprint density at radius 1 is 1.37 bits per heavy atom. The van der Waals surface area contributed by atoms with Gasteiger partial charge in [-0.1, -0.05) is 17.7 Å². The number of carbonyl (C=O) groups is 2. The first kappa shape index (κ1) is 17.7. The summed E-state index contributed by atoms with van der Waals surface area (Å²) in [4.78, 5) is 38.1. The summed E-state index contributed by atoms with van der Waals surface area (Å²) in [6.07, 6.45) is 3.24. The van der Waals surface area contributed by atoms with E-state index < -0.39 is 5.91 Å². The molecular formula is C19H20ClN5O2. The van der Waals surface area contributed by atoms with Crippen LogP contribution in [0.3, 0.4) is 0 Å². The third-order valence-electron chi connectivity index (χ3n) is 5.21. The van der Waals surface area contributed by atoms with Gasteiger partial charge in [-0.05, 0) is 31.9 Å². The Hall–Kier alpha value is -2.67. The van der Waals surface area contributed by atoms with Gasteiger partial charge >= 0.3 is 0 Å². The summed E-state index contributed by atoms with van der Waals surface area (Å²) in [7, 11) is 3.66. The lowest BCUT2D eigenvalue weighted by Gasteiger charge is -2.23. The molecule has 1 saturated heterocycles. The molecule has 0 radical (unpaired) electrons. The minimum Gasteiger partial charge on any atom is -0.366 e. The summed E-state index contributed by atoms with van der Waals surface area (Å²) in [6.45, 7) is 2.40. The maximum atomic E-state index is 13.1. The lowest BCUT2D eigenvalue weighted by molar-refractivity contribution is 0.0736. The molecule has 1 aromatic carbocycles. The van der Waals surface area contributed by atoms with E-state index in [2.05, 4.69) is 9.98 Å². The lowest BCUT2D eigenvalue weighted by Crippen LogP contribution is -2.30. The van der Waals surface area contributed by atoms with Gasteiger partial charge in [0.2, 0.25) is 0 Å². The fourth-order valence-electron chi connectivity index (χ4n) is 3.70. The van der Waals surface area contributed by atoms with Crippen LogP contribution in [0.25, 0.3) is 5.69 Å². The van der Waals surface area contributed by atoms with Crippen molar-refractivity contribution in [2.75, 3.05) is 20.6 Å². The molecule has 1 fully saturated rings. The minimum atomic E-state index is -0.403. The van der Waals surface area contributed by atoms with E-state index in [4.69, 9.17) is 11.6 Å². The molecule has 8 heteroatoms. The summed E-state index contributed by atoms with van der Waals surface area (Å²) in [5.74, 6) is 0.0890. The van der Waals surface area contributed by atoms with Crippen LogP contribution in [0, 0.1) is 0 Å². The molecule has 4 rings (SSSR count). The first-order valence-corrected chi connectivity index (χ1v) is 9.22. The third kappa shape index (κ3) is 2.73. The van der Waals surface area contributed by atoms with Crippen LogP contribution in [-0.2, 0) is 0 Å². The zero-order valence-electron chi connectivity index (χ0n) is 15.4. The van der Waals surface area contributed by atoms with Crippen molar-refractivity contribution >= 4 is 29.3 Å². The van der Waals surface area contributed by atoms with Crippen LogP contribution in [0.15, 0.2) is 29.5 Å². The first-order chi connectivity index (χ1) is 12.9. The number of imidazole rings is 1. The van der Waals surface area contributed by atoms with Crippen molar-refractivity contribution in [3.63, 3.8) is 0 Å². The Balaban J connectivity index is 1.93. The lowest BCUT2D eigenvalue weighted by atomic mass is 10.1. The number of halogens is 1. The number of carbonyl (C=O) groups excluding carboxylic acids is 2. The van der Waals surface area contributed by atoms with Crippen molar-refractivity contribution in [1.82, 2.24) is 19.4 Å². The Labute approximate surface area is 162 Å². The van der Waals surface area contributed by atoms with Crippen molar-refractivity contribution < 1.29 is 9.59 Å². The number of benzene rings is 1. The maximum Gasteiger partial charge on any atom is 0.299 e. The second-order valence-electron chi connectivity index (χ2n) is 7.00. The van der Waals surface area contributed by atoms with E-state index in [9.17, 15) is 9.59 Å². The van der Waals surface area contributed by atoms with Crippen molar-refractivity contribution in [2.45, 2.75) is 25.8 Å². The summed E-state index contributed by atoms with van der Waals surface area (Å²) in [5.41, 5.74) is 2.10. The molecular weight excluding hydrogens is 366 g/mol. The number of aromatic nitrogens is 2. The molecule has 1 atom stereocenters. The third-order valence-corrected chi connectivity index (χ3v) is 5.53. The van der Waals surface area contributed by atoms with Gasteiger partial charge in [-0.25, -0.2) is 4.98 Å². The summed E-state index contributed by atoms with van der Waals surface area (Å²) < 4.78 is 1.82. The van der Waals surface area contributed by atoms with Crippen molar-refractivity contribution in [3.8, 4) is 5.69 Å². The molecule has 0 saturated carbocycles. The van der Waals surface area contributed by atoms with Gasteiger partial charge in [0.05, 0.1) is 28.0 Å². The molecule has 0 bridgehead atoms. The highest BCUT2D eigenvalue weighted by atomic mass is 35.5. The standard InChI is InChI=1S/C19H20ClN5O2/c1-11(23(2)3)22-18(26)16-17-14-8-5-9-24(14)19(27)15-12(20)6-4-7-13(15)25(17)10-21-16/h4,6-7,10,14H,5,8-9H2,1-3H3/t14-/m0/s1. The second-order valence-corrected chi connectivity index (χ2v) is 7.40. The fourth-order valence-corrected chi connectivity index (χ4v) is 3.95. The van der Waals surface area contributed by atoms with E-state index >= 15 is 0 Å². The number of fused-ring (bicyclic) bond motifs is 5. The largest absolute Gasteiger partial charge is 0.366 e. The van der Waals surface area contributed by atoms with Gasteiger partial charge in [0.1, 0.15) is 12.2 Å². The summed E-state index contributed by atoms with van der Waals surface area (Å²) in [5, 5.41) is 0.402. The highest BCUT2D eigenvalue weighted by molar-refractivity contribution is 6.34. The number of hydrogen-bond donors (Lipinski definition) is 0. The highest BCUT2D eigenvalue weighted by Gasteiger charge is 2.40. The zero-order chi connectivity index (χ0) is 19.3. The number of hydrogen-bond acceptors (Lipinski definition) is 3. The van der Waals surface area contributed by atoms with E-state index in [1.807, 2.05) is 24.7 Å². The Kier molecular flexibility index (Phi) is 4.26. The molecule has 2 aliphatic heterocycles. The second kappa shape index (κ2) is 6.49. The van der Waals surface area contributed by atoms with Crippen LogP contribution in [0.1, 0.15) is 52.3 Å². The van der Waals surface area contributed by atoms with Crippen LogP contribution in [0.5, 0.6) is 0 Å². The molecule has 2 aromatic rings. The van der Waals surface area contributed by atoms with Gasteiger partial charge in [0, 0.05) is 20.6 Å². The van der Waals surface area contributed by atoms with Crippen molar-refractivity contribution in [3.05, 3.63) is 46.5 Å².